The zero-order valence-corrected chi connectivity index (χ0v) is 16.8. The van der Waals surface area contributed by atoms with Crippen molar-refractivity contribution in [2.24, 2.45) is 0 Å². The van der Waals surface area contributed by atoms with Crippen LogP contribution in [0.15, 0.2) is 29.4 Å². The summed E-state index contributed by atoms with van der Waals surface area (Å²) >= 11 is 1.33. The van der Waals surface area contributed by atoms with Gasteiger partial charge in [-0.2, -0.15) is 0 Å². The van der Waals surface area contributed by atoms with Gasteiger partial charge >= 0.3 is 0 Å². The molecule has 1 aliphatic carbocycles. The van der Waals surface area contributed by atoms with Crippen molar-refractivity contribution in [1.29, 1.82) is 0 Å². The average molecular weight is 388 g/mol. The smallest absolute Gasteiger partial charge is 0.234 e. The fraction of sp³-hybridized carbons (Fsp3) is 0.550. The second-order valence-electron chi connectivity index (χ2n) is 7.18. The summed E-state index contributed by atoms with van der Waals surface area (Å²) in [4.78, 5) is 12.2. The lowest BCUT2D eigenvalue weighted by Crippen LogP contribution is -2.19. The molecule has 0 spiro atoms. The third-order valence-electron chi connectivity index (χ3n) is 5.05. The molecule has 1 saturated carbocycles. The normalized spacial score (nSPS) is 15.0. The van der Waals surface area contributed by atoms with Gasteiger partial charge in [-0.3, -0.25) is 4.79 Å². The Morgan fingerprint density at radius 1 is 1.22 bits per heavy atom. The lowest BCUT2D eigenvalue weighted by Gasteiger charge is -2.20. The van der Waals surface area contributed by atoms with Crippen LogP contribution in [0.3, 0.4) is 0 Å². The van der Waals surface area contributed by atoms with Crippen LogP contribution in [-0.2, 0) is 11.2 Å². The van der Waals surface area contributed by atoms with E-state index in [2.05, 4.69) is 34.6 Å². The van der Waals surface area contributed by atoms with Gasteiger partial charge in [0.05, 0.1) is 5.75 Å². The molecular weight excluding hydrogens is 358 g/mol. The molecule has 3 N–H and O–H groups in total. The predicted octanol–water partition coefficient (Wildman–Crippen LogP) is 4.11. The van der Waals surface area contributed by atoms with E-state index in [4.69, 9.17) is 5.84 Å². The highest BCUT2D eigenvalue weighted by Crippen LogP contribution is 2.32. The second kappa shape index (κ2) is 9.78. The van der Waals surface area contributed by atoms with Gasteiger partial charge in [0.1, 0.15) is 0 Å². The number of nitrogens with one attached hydrogen (secondary N) is 1. The van der Waals surface area contributed by atoms with E-state index in [0.29, 0.717) is 11.1 Å². The highest BCUT2D eigenvalue weighted by Gasteiger charge is 2.22. The third-order valence-corrected chi connectivity index (χ3v) is 5.99. The number of amides is 1. The Hall–Kier alpha value is -2.02. The minimum Gasteiger partial charge on any atom is -0.336 e. The van der Waals surface area contributed by atoms with Crippen molar-refractivity contribution in [3.8, 4) is 0 Å². The van der Waals surface area contributed by atoms with E-state index in [9.17, 15) is 4.79 Å². The van der Waals surface area contributed by atoms with Crippen LogP contribution in [0, 0.1) is 0 Å². The van der Waals surface area contributed by atoms with Gasteiger partial charge in [0.25, 0.3) is 0 Å². The number of thioether (sulfide) groups is 1. The van der Waals surface area contributed by atoms with Gasteiger partial charge in [0, 0.05) is 11.6 Å². The molecule has 1 aromatic carbocycles. The van der Waals surface area contributed by atoms with Crippen LogP contribution in [0.1, 0.15) is 69.2 Å². The number of nitrogens with zero attached hydrogens (tertiary/aromatic N) is 3. The van der Waals surface area contributed by atoms with Crippen LogP contribution in [-0.4, -0.2) is 26.5 Å². The summed E-state index contributed by atoms with van der Waals surface area (Å²) in [5, 5.41) is 12.0. The summed E-state index contributed by atoms with van der Waals surface area (Å²) in [7, 11) is 0. The molecule has 1 fully saturated rings. The molecule has 7 heteroatoms. The number of aromatic nitrogens is 3. The molecular formula is C20H29N5OS. The van der Waals surface area contributed by atoms with Gasteiger partial charge < -0.3 is 11.2 Å². The van der Waals surface area contributed by atoms with E-state index in [1.807, 2.05) is 12.1 Å². The minimum atomic E-state index is -0.0662. The average Bonchev–Trinajstić information content (AvgIpc) is 3.07. The van der Waals surface area contributed by atoms with Gasteiger partial charge in [0.15, 0.2) is 5.82 Å². The monoisotopic (exact) mass is 387 g/mol. The lowest BCUT2D eigenvalue weighted by atomic mass is 9.89. The molecule has 27 heavy (non-hydrogen) atoms. The molecule has 0 bridgehead atoms. The summed E-state index contributed by atoms with van der Waals surface area (Å²) in [5.74, 6) is 7.61. The van der Waals surface area contributed by atoms with Gasteiger partial charge in [-0.05, 0) is 43.4 Å². The van der Waals surface area contributed by atoms with Crippen LogP contribution >= 0.6 is 11.8 Å². The zero-order chi connectivity index (χ0) is 19.1. The maximum atomic E-state index is 12.2. The predicted molar refractivity (Wildman–Crippen MR) is 110 cm³/mol. The van der Waals surface area contributed by atoms with E-state index in [0.717, 1.165) is 30.8 Å². The first-order valence-corrected chi connectivity index (χ1v) is 10.9. The van der Waals surface area contributed by atoms with Crippen LogP contribution in [0.5, 0.6) is 0 Å². The highest BCUT2D eigenvalue weighted by molar-refractivity contribution is 7.99. The van der Waals surface area contributed by atoms with Crippen LogP contribution < -0.4 is 11.2 Å². The van der Waals surface area contributed by atoms with Crippen LogP contribution in [0.25, 0.3) is 0 Å². The number of hydrogen-bond acceptors (Lipinski definition) is 5. The van der Waals surface area contributed by atoms with Crippen molar-refractivity contribution in [2.75, 3.05) is 16.9 Å². The summed E-state index contributed by atoms with van der Waals surface area (Å²) in [6, 6.07) is 8.07. The zero-order valence-electron chi connectivity index (χ0n) is 16.0. The van der Waals surface area contributed by atoms with Crippen molar-refractivity contribution in [3.05, 3.63) is 35.7 Å². The number of nitrogen functional groups attached to an aromatic ring is 1. The third kappa shape index (κ3) is 5.48. The number of aryl methyl sites for hydroxylation is 1. The second-order valence-corrected chi connectivity index (χ2v) is 8.13. The number of unbranched alkanes of at least 4 members (excludes halogenated alkanes) is 1. The Kier molecular flexibility index (Phi) is 7.15. The van der Waals surface area contributed by atoms with Gasteiger partial charge in [-0.15, -0.1) is 10.2 Å². The van der Waals surface area contributed by atoms with Gasteiger partial charge in [-0.1, -0.05) is 56.5 Å². The van der Waals surface area contributed by atoms with Crippen molar-refractivity contribution < 1.29 is 4.79 Å². The Bertz CT molecular complexity index is 737. The molecule has 0 saturated heterocycles. The quantitative estimate of drug-likeness (QED) is 0.526. The van der Waals surface area contributed by atoms with E-state index in [1.54, 1.807) is 4.68 Å². The SMILES string of the molecule is CCCCc1ccc(NC(=O)CSc2nnc(C3CCCCC3)n2N)cc1. The molecule has 1 aliphatic rings. The molecule has 0 atom stereocenters. The first-order valence-electron chi connectivity index (χ1n) is 9.89. The molecule has 6 nitrogen and oxygen atoms in total. The number of carbonyl (C=O) groups is 1. The number of nitrogens with two attached hydrogens (primary N) is 1. The maximum absolute atomic E-state index is 12.2. The standard InChI is InChI=1S/C20H29N5OS/c1-2-3-7-15-10-12-17(13-11-15)22-18(26)14-27-20-24-23-19(25(20)21)16-8-5-4-6-9-16/h10-13,16H,2-9,14,21H2,1H3,(H,22,26). The Morgan fingerprint density at radius 3 is 2.67 bits per heavy atom. The summed E-state index contributed by atoms with van der Waals surface area (Å²) < 4.78 is 1.57. The number of rotatable bonds is 8. The van der Waals surface area contributed by atoms with Crippen LogP contribution in [0.2, 0.25) is 0 Å². The summed E-state index contributed by atoms with van der Waals surface area (Å²) in [5.41, 5.74) is 2.12. The lowest BCUT2D eigenvalue weighted by molar-refractivity contribution is -0.113. The molecule has 0 radical (unpaired) electrons. The Balaban J connectivity index is 1.49. The topological polar surface area (TPSA) is 85.8 Å². The largest absolute Gasteiger partial charge is 0.336 e. The Morgan fingerprint density at radius 2 is 1.96 bits per heavy atom. The van der Waals surface area contributed by atoms with E-state index in [1.165, 1.54) is 49.4 Å². The van der Waals surface area contributed by atoms with E-state index >= 15 is 0 Å². The summed E-state index contributed by atoms with van der Waals surface area (Å²) in [6.07, 6.45) is 9.42. The molecule has 1 aromatic heterocycles. The van der Waals surface area contributed by atoms with Gasteiger partial charge in [-0.25, -0.2) is 4.68 Å². The molecule has 1 heterocycles. The molecule has 3 rings (SSSR count). The number of benzene rings is 1. The molecule has 0 unspecified atom stereocenters. The fourth-order valence-electron chi connectivity index (χ4n) is 3.49. The highest BCUT2D eigenvalue weighted by atomic mass is 32.2. The Labute approximate surface area is 165 Å². The van der Waals surface area contributed by atoms with Crippen molar-refractivity contribution in [2.45, 2.75) is 69.4 Å². The van der Waals surface area contributed by atoms with E-state index < -0.39 is 0 Å². The summed E-state index contributed by atoms with van der Waals surface area (Å²) in [6.45, 7) is 2.19. The fourth-order valence-corrected chi connectivity index (χ4v) is 4.15. The van der Waals surface area contributed by atoms with Gasteiger partial charge in [0.2, 0.25) is 11.1 Å². The molecule has 146 valence electrons. The number of anilines is 1. The van der Waals surface area contributed by atoms with E-state index in [-0.39, 0.29) is 11.7 Å². The molecule has 1 amide bonds. The van der Waals surface area contributed by atoms with Crippen molar-refractivity contribution in [1.82, 2.24) is 14.9 Å². The first kappa shape index (κ1) is 19.7. The van der Waals surface area contributed by atoms with Crippen molar-refractivity contribution >= 4 is 23.4 Å². The maximum Gasteiger partial charge on any atom is 0.234 e. The minimum absolute atomic E-state index is 0.0662. The first-order chi connectivity index (χ1) is 13.2. The molecule has 2 aromatic rings. The van der Waals surface area contributed by atoms with Crippen molar-refractivity contribution in [3.63, 3.8) is 0 Å². The molecule has 0 aliphatic heterocycles. The van der Waals surface area contributed by atoms with Crippen LogP contribution in [0.4, 0.5) is 5.69 Å². The number of carbonyl (C=O) groups excluding carboxylic acids is 1. The number of hydrogen-bond donors (Lipinski definition) is 2.